The quantitative estimate of drug-likeness (QED) is 0.743. The van der Waals surface area contributed by atoms with Crippen LogP contribution in [0.2, 0.25) is 0 Å². The molecule has 0 bridgehead atoms. The van der Waals surface area contributed by atoms with Crippen molar-refractivity contribution in [3.05, 3.63) is 42.0 Å². The molecule has 1 heterocycles. The number of morpholine rings is 1. The summed E-state index contributed by atoms with van der Waals surface area (Å²) in [6.45, 7) is 7.46. The van der Waals surface area contributed by atoms with E-state index < -0.39 is 0 Å². The molecule has 1 aromatic carbocycles. The lowest BCUT2D eigenvalue weighted by Crippen LogP contribution is -2.38. The molecule has 1 N–H and O–H groups in total. The van der Waals surface area contributed by atoms with Crippen LogP contribution in [0.25, 0.3) is 0 Å². The number of nitrogens with zero attached hydrogens (tertiary/aromatic N) is 1. The first kappa shape index (κ1) is 17.5. The molecule has 1 atom stereocenters. The normalized spacial score (nSPS) is 21.8. The maximum atomic E-state index is 5.93. The highest BCUT2D eigenvalue weighted by molar-refractivity contribution is 5.28. The van der Waals surface area contributed by atoms with Gasteiger partial charge in [0.1, 0.15) is 12.4 Å². The molecular weight excluding hydrogens is 300 g/mol. The molecule has 1 fully saturated rings. The molecule has 1 aliphatic carbocycles. The van der Waals surface area contributed by atoms with Gasteiger partial charge < -0.3 is 14.8 Å². The summed E-state index contributed by atoms with van der Waals surface area (Å²) in [4.78, 5) is 2.40. The van der Waals surface area contributed by atoms with E-state index in [0.717, 1.165) is 64.2 Å². The summed E-state index contributed by atoms with van der Waals surface area (Å²) < 4.78 is 11.3. The smallest absolute Gasteiger partial charge is 0.119 e. The molecule has 1 saturated heterocycles. The van der Waals surface area contributed by atoms with Crippen molar-refractivity contribution in [2.75, 3.05) is 46.0 Å². The number of hydrogen-bond donors (Lipinski definition) is 1. The Morgan fingerprint density at radius 3 is 2.96 bits per heavy atom. The highest BCUT2D eigenvalue weighted by Crippen LogP contribution is 2.17. The van der Waals surface area contributed by atoms with Gasteiger partial charge in [0.25, 0.3) is 0 Å². The van der Waals surface area contributed by atoms with Gasteiger partial charge in [0.05, 0.1) is 13.2 Å². The SMILES string of the molecule is C1=CCC(CNCc2cccc(OCCN3CCOCC3)c2)CC1. The molecule has 4 heteroatoms. The number of allylic oxidation sites excluding steroid dienone is 2. The van der Waals surface area contributed by atoms with Crippen molar-refractivity contribution in [3.63, 3.8) is 0 Å². The molecule has 1 aromatic rings. The Balaban J connectivity index is 1.36. The minimum absolute atomic E-state index is 0.741. The largest absolute Gasteiger partial charge is 0.492 e. The van der Waals surface area contributed by atoms with Gasteiger partial charge in [-0.25, -0.2) is 0 Å². The summed E-state index contributed by atoms with van der Waals surface area (Å²) in [5.41, 5.74) is 1.30. The Morgan fingerprint density at radius 2 is 2.12 bits per heavy atom. The van der Waals surface area contributed by atoms with Gasteiger partial charge in [0.15, 0.2) is 0 Å². The van der Waals surface area contributed by atoms with E-state index in [2.05, 4.69) is 46.6 Å². The van der Waals surface area contributed by atoms with E-state index in [4.69, 9.17) is 9.47 Å². The minimum Gasteiger partial charge on any atom is -0.492 e. The molecule has 1 aliphatic heterocycles. The van der Waals surface area contributed by atoms with Gasteiger partial charge in [-0.05, 0) is 49.4 Å². The first-order valence-corrected chi connectivity index (χ1v) is 9.28. The number of benzene rings is 1. The third-order valence-corrected chi connectivity index (χ3v) is 4.82. The monoisotopic (exact) mass is 330 g/mol. The number of ether oxygens (including phenoxy) is 2. The van der Waals surface area contributed by atoms with E-state index in [1.165, 1.54) is 24.8 Å². The molecular formula is C20H30N2O2. The molecule has 3 rings (SSSR count). The predicted octanol–water partition coefficient (Wildman–Crippen LogP) is 2.84. The van der Waals surface area contributed by atoms with Gasteiger partial charge >= 0.3 is 0 Å². The summed E-state index contributed by atoms with van der Waals surface area (Å²) in [5, 5.41) is 3.59. The Morgan fingerprint density at radius 1 is 1.21 bits per heavy atom. The third kappa shape index (κ3) is 5.93. The molecule has 0 aromatic heterocycles. The molecule has 0 saturated carbocycles. The number of hydrogen-bond acceptors (Lipinski definition) is 4. The number of nitrogens with one attached hydrogen (secondary N) is 1. The van der Waals surface area contributed by atoms with Crippen LogP contribution in [0.15, 0.2) is 36.4 Å². The van der Waals surface area contributed by atoms with Crippen molar-refractivity contribution in [2.24, 2.45) is 5.92 Å². The van der Waals surface area contributed by atoms with Crippen molar-refractivity contribution in [2.45, 2.75) is 25.8 Å². The minimum atomic E-state index is 0.741. The van der Waals surface area contributed by atoms with E-state index in [1.54, 1.807) is 0 Å². The molecule has 0 amide bonds. The topological polar surface area (TPSA) is 33.7 Å². The fourth-order valence-electron chi connectivity index (χ4n) is 3.32. The van der Waals surface area contributed by atoms with Gasteiger partial charge in [-0.15, -0.1) is 0 Å². The van der Waals surface area contributed by atoms with E-state index in [0.29, 0.717) is 0 Å². The van der Waals surface area contributed by atoms with Crippen LogP contribution in [-0.2, 0) is 11.3 Å². The van der Waals surface area contributed by atoms with Gasteiger partial charge in [-0.3, -0.25) is 4.90 Å². The Bertz CT molecular complexity index is 512. The van der Waals surface area contributed by atoms with Gasteiger partial charge in [-0.1, -0.05) is 24.3 Å². The maximum absolute atomic E-state index is 5.93. The van der Waals surface area contributed by atoms with Crippen LogP contribution >= 0.6 is 0 Å². The third-order valence-electron chi connectivity index (χ3n) is 4.82. The predicted molar refractivity (Wildman–Crippen MR) is 97.4 cm³/mol. The Labute approximate surface area is 145 Å². The van der Waals surface area contributed by atoms with Gasteiger partial charge in [0.2, 0.25) is 0 Å². The van der Waals surface area contributed by atoms with Gasteiger partial charge in [0, 0.05) is 26.2 Å². The van der Waals surface area contributed by atoms with Crippen LogP contribution in [-0.4, -0.2) is 50.9 Å². The van der Waals surface area contributed by atoms with Crippen molar-refractivity contribution in [1.82, 2.24) is 10.2 Å². The molecule has 132 valence electrons. The zero-order valence-corrected chi connectivity index (χ0v) is 14.6. The van der Waals surface area contributed by atoms with E-state index in [-0.39, 0.29) is 0 Å². The first-order valence-electron chi connectivity index (χ1n) is 9.28. The van der Waals surface area contributed by atoms with Crippen molar-refractivity contribution in [3.8, 4) is 5.75 Å². The van der Waals surface area contributed by atoms with Crippen molar-refractivity contribution in [1.29, 1.82) is 0 Å². The van der Waals surface area contributed by atoms with E-state index in [1.807, 2.05) is 0 Å². The Kier molecular flexibility index (Phi) is 7.14. The second kappa shape index (κ2) is 9.82. The van der Waals surface area contributed by atoms with E-state index in [9.17, 15) is 0 Å². The highest BCUT2D eigenvalue weighted by Gasteiger charge is 2.10. The fourth-order valence-corrected chi connectivity index (χ4v) is 3.32. The molecule has 24 heavy (non-hydrogen) atoms. The Hall–Kier alpha value is -1.36. The lowest BCUT2D eigenvalue weighted by molar-refractivity contribution is 0.0322. The van der Waals surface area contributed by atoms with Crippen molar-refractivity contribution < 1.29 is 9.47 Å². The lowest BCUT2D eigenvalue weighted by Gasteiger charge is -2.26. The van der Waals surface area contributed by atoms with Crippen LogP contribution in [0.5, 0.6) is 5.75 Å². The van der Waals surface area contributed by atoms with E-state index >= 15 is 0 Å². The van der Waals surface area contributed by atoms with Crippen LogP contribution < -0.4 is 10.1 Å². The summed E-state index contributed by atoms with van der Waals surface area (Å²) in [7, 11) is 0. The van der Waals surface area contributed by atoms with Crippen LogP contribution in [0, 0.1) is 5.92 Å². The average Bonchev–Trinajstić information content (AvgIpc) is 2.64. The van der Waals surface area contributed by atoms with Crippen LogP contribution in [0.4, 0.5) is 0 Å². The fraction of sp³-hybridized carbons (Fsp3) is 0.600. The zero-order valence-electron chi connectivity index (χ0n) is 14.6. The lowest BCUT2D eigenvalue weighted by atomic mass is 9.94. The molecule has 0 spiro atoms. The molecule has 1 unspecified atom stereocenters. The average molecular weight is 330 g/mol. The second-order valence-corrected chi connectivity index (χ2v) is 6.73. The zero-order chi connectivity index (χ0) is 16.5. The van der Waals surface area contributed by atoms with Gasteiger partial charge in [-0.2, -0.15) is 0 Å². The summed E-state index contributed by atoms with van der Waals surface area (Å²) in [6.07, 6.45) is 8.39. The first-order chi connectivity index (χ1) is 11.9. The molecule has 4 nitrogen and oxygen atoms in total. The summed E-state index contributed by atoms with van der Waals surface area (Å²) >= 11 is 0. The van der Waals surface area contributed by atoms with Crippen LogP contribution in [0.1, 0.15) is 24.8 Å². The maximum Gasteiger partial charge on any atom is 0.119 e. The number of rotatable bonds is 8. The standard InChI is InChI=1S/C20H30N2O2/c1-2-5-18(6-3-1)16-21-17-19-7-4-8-20(15-19)24-14-11-22-9-12-23-13-10-22/h1-2,4,7-8,15,18,21H,3,5-6,9-14,16-17H2. The van der Waals surface area contributed by atoms with Crippen LogP contribution in [0.3, 0.4) is 0 Å². The van der Waals surface area contributed by atoms with Crippen molar-refractivity contribution >= 4 is 0 Å². The second-order valence-electron chi connectivity index (χ2n) is 6.73. The summed E-state index contributed by atoms with van der Waals surface area (Å²) in [5.74, 6) is 1.77. The molecule has 0 radical (unpaired) electrons. The highest BCUT2D eigenvalue weighted by atomic mass is 16.5. The summed E-state index contributed by atoms with van der Waals surface area (Å²) in [6, 6.07) is 8.47. The molecule has 2 aliphatic rings.